The first-order valence-electron chi connectivity index (χ1n) is 35.4. The quantitative estimate of drug-likeness (QED) is 0.0320. The Morgan fingerprint density at radius 1 is 0.351 bits per heavy atom. The fraction of sp³-hybridized carbons (Fsp3) is 0.944. The first kappa shape index (κ1) is 75.6. The summed E-state index contributed by atoms with van der Waals surface area (Å²) in [5, 5.41) is 23.4. The second-order valence-corrected chi connectivity index (χ2v) is 24.6. The van der Waals surface area contributed by atoms with Crippen LogP contribution >= 0.6 is 0 Å². The van der Waals surface area contributed by atoms with Crippen molar-refractivity contribution in [2.75, 3.05) is 13.2 Å². The highest BCUT2D eigenvalue weighted by molar-refractivity contribution is 5.76. The largest absolute Gasteiger partial charge is 0.466 e. The van der Waals surface area contributed by atoms with Crippen LogP contribution in [0.2, 0.25) is 0 Å². The van der Waals surface area contributed by atoms with Crippen molar-refractivity contribution in [2.24, 2.45) is 0 Å². The van der Waals surface area contributed by atoms with Gasteiger partial charge < -0.3 is 20.3 Å². The summed E-state index contributed by atoms with van der Waals surface area (Å²) in [4.78, 5) is 24.7. The Bertz CT molecular complexity index is 1160. The van der Waals surface area contributed by atoms with Crippen LogP contribution in [0.5, 0.6) is 0 Å². The monoisotopic (exact) mass is 1090 g/mol. The molecule has 458 valence electrons. The average Bonchev–Trinajstić information content (AvgIpc) is 3.43. The maximum absolute atomic E-state index is 12.6. The minimum absolute atomic E-state index is 0.00726. The topological polar surface area (TPSA) is 95.9 Å². The smallest absolute Gasteiger partial charge is 0.305 e. The Kier molecular flexibility index (Phi) is 65.9. The fourth-order valence-electron chi connectivity index (χ4n) is 11.4. The van der Waals surface area contributed by atoms with Crippen molar-refractivity contribution in [1.82, 2.24) is 5.32 Å². The molecule has 0 fully saturated rings. The van der Waals surface area contributed by atoms with Gasteiger partial charge in [0.05, 0.1) is 25.4 Å². The van der Waals surface area contributed by atoms with Gasteiger partial charge in [-0.15, -0.1) is 0 Å². The van der Waals surface area contributed by atoms with Gasteiger partial charge in [-0.25, -0.2) is 0 Å². The average molecular weight is 1090 g/mol. The van der Waals surface area contributed by atoms with Gasteiger partial charge in [-0.2, -0.15) is 0 Å². The van der Waals surface area contributed by atoms with Crippen LogP contribution in [0.3, 0.4) is 0 Å². The van der Waals surface area contributed by atoms with Crippen molar-refractivity contribution in [3.8, 4) is 0 Å². The Balaban J connectivity index is 3.39. The first-order chi connectivity index (χ1) is 38.0. The second-order valence-electron chi connectivity index (χ2n) is 24.6. The Labute approximate surface area is 482 Å². The third kappa shape index (κ3) is 63.6. The third-order valence-electron chi connectivity index (χ3n) is 16.8. The molecule has 2 unspecified atom stereocenters. The van der Waals surface area contributed by atoms with E-state index in [1.54, 1.807) is 0 Å². The number of ether oxygens (including phenoxy) is 1. The zero-order chi connectivity index (χ0) is 55.7. The minimum Gasteiger partial charge on any atom is -0.466 e. The van der Waals surface area contributed by atoms with Crippen LogP contribution in [0.25, 0.3) is 0 Å². The number of hydrogen-bond donors (Lipinski definition) is 3. The highest BCUT2D eigenvalue weighted by atomic mass is 16.5. The summed E-state index contributed by atoms with van der Waals surface area (Å²) in [6.07, 6.45) is 82.5. The van der Waals surface area contributed by atoms with E-state index >= 15 is 0 Å². The number of nitrogens with one attached hydrogen (secondary N) is 1. The summed E-state index contributed by atoms with van der Waals surface area (Å²) in [5.41, 5.74) is 0. The molecule has 77 heavy (non-hydrogen) atoms. The van der Waals surface area contributed by atoms with E-state index in [0.717, 1.165) is 44.9 Å². The molecule has 0 spiro atoms. The van der Waals surface area contributed by atoms with Crippen molar-refractivity contribution < 1.29 is 24.5 Å². The van der Waals surface area contributed by atoms with Crippen LogP contribution in [0, 0.1) is 0 Å². The summed E-state index contributed by atoms with van der Waals surface area (Å²) >= 11 is 0. The summed E-state index contributed by atoms with van der Waals surface area (Å²) < 4.78 is 5.50. The highest BCUT2D eigenvalue weighted by Gasteiger charge is 2.20. The molecule has 0 aromatic rings. The molecule has 0 radical (unpaired) electrons. The molecule has 0 aromatic carbocycles. The van der Waals surface area contributed by atoms with Crippen LogP contribution in [0.15, 0.2) is 12.2 Å². The van der Waals surface area contributed by atoms with Gasteiger partial charge in [0.25, 0.3) is 0 Å². The molecule has 0 aliphatic carbocycles. The molecule has 0 rings (SSSR count). The van der Waals surface area contributed by atoms with E-state index in [-0.39, 0.29) is 18.5 Å². The highest BCUT2D eigenvalue weighted by Crippen LogP contribution is 2.19. The number of esters is 1. The Hall–Kier alpha value is -1.40. The number of aliphatic hydroxyl groups excluding tert-OH is 2. The number of aliphatic hydroxyl groups is 2. The summed E-state index contributed by atoms with van der Waals surface area (Å²) in [7, 11) is 0. The van der Waals surface area contributed by atoms with Crippen LogP contribution in [-0.4, -0.2) is 47.4 Å². The van der Waals surface area contributed by atoms with Gasteiger partial charge in [0, 0.05) is 12.8 Å². The van der Waals surface area contributed by atoms with Crippen LogP contribution in [-0.2, 0) is 14.3 Å². The van der Waals surface area contributed by atoms with E-state index < -0.39 is 12.1 Å². The van der Waals surface area contributed by atoms with Crippen molar-refractivity contribution >= 4 is 11.9 Å². The van der Waals surface area contributed by atoms with Crippen molar-refractivity contribution in [3.05, 3.63) is 12.2 Å². The lowest BCUT2D eigenvalue weighted by molar-refractivity contribution is -0.143. The molecule has 0 aliphatic heterocycles. The van der Waals surface area contributed by atoms with Crippen LogP contribution < -0.4 is 5.32 Å². The van der Waals surface area contributed by atoms with Gasteiger partial charge in [-0.1, -0.05) is 353 Å². The Morgan fingerprint density at radius 3 is 0.922 bits per heavy atom. The van der Waals surface area contributed by atoms with E-state index in [4.69, 9.17) is 4.74 Å². The molecule has 0 saturated heterocycles. The van der Waals surface area contributed by atoms with Gasteiger partial charge in [-0.05, 0) is 51.4 Å². The zero-order valence-corrected chi connectivity index (χ0v) is 52.5. The molecular weight excluding hydrogens is 947 g/mol. The molecule has 0 aromatic heterocycles. The van der Waals surface area contributed by atoms with E-state index in [0.29, 0.717) is 25.9 Å². The lowest BCUT2D eigenvalue weighted by atomic mass is 10.0. The SMILES string of the molecule is CCCCCCCC/C=C\CCCCCCCCCC(=O)OCCCCCCCCCCCCCCCCCCCCCC(=O)NC(CO)C(O)CCCCCCCCCCCCCCCCCCCCCCCCCC. The van der Waals surface area contributed by atoms with Crippen molar-refractivity contribution in [2.45, 2.75) is 418 Å². The summed E-state index contributed by atoms with van der Waals surface area (Å²) in [6.45, 7) is 4.99. The summed E-state index contributed by atoms with van der Waals surface area (Å²) in [6, 6.07) is -0.545. The predicted molar refractivity (Wildman–Crippen MR) is 338 cm³/mol. The molecular formula is C71H139NO5. The lowest BCUT2D eigenvalue weighted by Gasteiger charge is -2.22. The summed E-state index contributed by atoms with van der Waals surface area (Å²) in [5.74, 6) is -0.0253. The molecule has 6 heteroatoms. The normalized spacial score (nSPS) is 12.5. The predicted octanol–water partition coefficient (Wildman–Crippen LogP) is 22.8. The Morgan fingerprint density at radius 2 is 0.610 bits per heavy atom. The van der Waals surface area contributed by atoms with Crippen LogP contribution in [0.4, 0.5) is 0 Å². The number of carbonyl (C=O) groups excluding carboxylic acids is 2. The zero-order valence-electron chi connectivity index (χ0n) is 52.5. The molecule has 6 nitrogen and oxygen atoms in total. The molecule has 0 aliphatic rings. The lowest BCUT2D eigenvalue weighted by Crippen LogP contribution is -2.45. The van der Waals surface area contributed by atoms with Gasteiger partial charge in [0.2, 0.25) is 5.91 Å². The van der Waals surface area contributed by atoms with Crippen molar-refractivity contribution in [1.29, 1.82) is 0 Å². The van der Waals surface area contributed by atoms with Crippen LogP contribution in [0.1, 0.15) is 406 Å². The maximum Gasteiger partial charge on any atom is 0.305 e. The van der Waals surface area contributed by atoms with Gasteiger partial charge >= 0.3 is 5.97 Å². The molecule has 0 bridgehead atoms. The maximum atomic E-state index is 12.6. The number of hydrogen-bond acceptors (Lipinski definition) is 5. The van der Waals surface area contributed by atoms with Gasteiger partial charge in [-0.3, -0.25) is 9.59 Å². The van der Waals surface area contributed by atoms with Gasteiger partial charge in [0.15, 0.2) is 0 Å². The van der Waals surface area contributed by atoms with Gasteiger partial charge in [0.1, 0.15) is 0 Å². The third-order valence-corrected chi connectivity index (χ3v) is 16.8. The van der Waals surface area contributed by atoms with E-state index in [2.05, 4.69) is 31.3 Å². The number of carbonyl (C=O) groups is 2. The minimum atomic E-state index is -0.667. The number of unbranched alkanes of at least 4 members (excludes halogenated alkanes) is 54. The molecule has 0 saturated carbocycles. The fourth-order valence-corrected chi connectivity index (χ4v) is 11.4. The standard InChI is InChI=1S/C71H139NO5/c1-3-5-7-9-11-13-15-17-19-21-22-23-24-25-26-28-32-35-39-43-47-51-55-59-63-69(74)68(67-73)72-70(75)64-60-56-52-48-44-40-36-33-29-27-30-34-38-42-46-50-54-58-62-66-77-71(76)65-61-57-53-49-45-41-37-31-20-18-16-14-12-10-8-6-4-2/h18,20,68-69,73-74H,3-17,19,21-67H2,1-2H3,(H,72,75)/b20-18-. The van der Waals surface area contributed by atoms with E-state index in [1.165, 1.54) is 327 Å². The molecule has 3 N–H and O–H groups in total. The molecule has 0 heterocycles. The second kappa shape index (κ2) is 67.1. The van der Waals surface area contributed by atoms with E-state index in [9.17, 15) is 19.8 Å². The van der Waals surface area contributed by atoms with Crippen molar-refractivity contribution in [3.63, 3.8) is 0 Å². The number of amides is 1. The van der Waals surface area contributed by atoms with E-state index in [1.807, 2.05) is 0 Å². The number of allylic oxidation sites excluding steroid dienone is 2. The molecule has 1 amide bonds. The first-order valence-corrected chi connectivity index (χ1v) is 35.4. The number of rotatable bonds is 67. The molecule has 2 atom stereocenters.